The highest BCUT2D eigenvalue weighted by atomic mass is 79.9. The minimum Gasteiger partial charge on any atom is -0.496 e. The highest BCUT2D eigenvalue weighted by molar-refractivity contribution is 9.10. The summed E-state index contributed by atoms with van der Waals surface area (Å²) in [5.41, 5.74) is 0.844. The van der Waals surface area contributed by atoms with Crippen LogP contribution in [-0.4, -0.2) is 30.8 Å². The molecule has 20 heavy (non-hydrogen) atoms. The number of benzene rings is 1. The van der Waals surface area contributed by atoms with Crippen LogP contribution in [0.2, 0.25) is 0 Å². The molecule has 0 radical (unpaired) electrons. The van der Waals surface area contributed by atoms with Gasteiger partial charge >= 0.3 is 0 Å². The second-order valence-electron chi connectivity index (χ2n) is 4.96. The first-order chi connectivity index (χ1) is 9.58. The topological polar surface area (TPSA) is 58.6 Å². The number of hydrogen-bond donors (Lipinski definition) is 2. The Morgan fingerprint density at radius 3 is 2.95 bits per heavy atom. The van der Waals surface area contributed by atoms with Crippen LogP contribution in [0.4, 0.5) is 0 Å². The van der Waals surface area contributed by atoms with E-state index < -0.39 is 0 Å². The number of amides is 1. The molecule has 0 bridgehead atoms. The molecule has 0 aromatic heterocycles. The van der Waals surface area contributed by atoms with E-state index in [-0.39, 0.29) is 12.0 Å². The van der Waals surface area contributed by atoms with Crippen LogP contribution in [0.15, 0.2) is 28.7 Å². The average molecular weight is 340 g/mol. The Morgan fingerprint density at radius 1 is 1.55 bits per heavy atom. The number of carbonyl (C=O) groups excluding carboxylic acids is 1. The summed E-state index contributed by atoms with van der Waals surface area (Å²) in [6.07, 6.45) is 4.61. The van der Waals surface area contributed by atoms with Crippen molar-refractivity contribution in [1.82, 2.24) is 5.32 Å². The number of aliphatic hydroxyl groups is 1. The standard InChI is InChI=1S/C15H18BrNO3/c1-20-14-4-3-12(16)8-11(14)2-5-15(19)17-9-10-6-13(18)7-10/h2-5,8,10,13,18H,6-7,9H2,1H3,(H,17,19). The van der Waals surface area contributed by atoms with Crippen molar-refractivity contribution in [2.24, 2.45) is 5.92 Å². The third-order valence-electron chi connectivity index (χ3n) is 3.38. The number of methoxy groups -OCH3 is 1. The van der Waals surface area contributed by atoms with Crippen molar-refractivity contribution < 1.29 is 14.6 Å². The molecule has 1 aromatic carbocycles. The second kappa shape index (κ2) is 6.90. The summed E-state index contributed by atoms with van der Waals surface area (Å²) in [6.45, 7) is 0.621. The van der Waals surface area contributed by atoms with Crippen LogP contribution in [0.3, 0.4) is 0 Å². The summed E-state index contributed by atoms with van der Waals surface area (Å²) < 4.78 is 6.17. The van der Waals surface area contributed by atoms with Gasteiger partial charge in [0.15, 0.2) is 0 Å². The highest BCUT2D eigenvalue weighted by Gasteiger charge is 2.26. The van der Waals surface area contributed by atoms with Gasteiger partial charge in [-0.15, -0.1) is 0 Å². The molecular formula is C15H18BrNO3. The maximum atomic E-state index is 11.7. The maximum Gasteiger partial charge on any atom is 0.244 e. The minimum absolute atomic E-state index is 0.131. The molecule has 0 atom stereocenters. The zero-order valence-corrected chi connectivity index (χ0v) is 12.9. The molecule has 1 aliphatic rings. The van der Waals surface area contributed by atoms with Gasteiger partial charge in [-0.3, -0.25) is 4.79 Å². The summed E-state index contributed by atoms with van der Waals surface area (Å²) in [6, 6.07) is 5.63. The van der Waals surface area contributed by atoms with Crippen molar-refractivity contribution in [3.05, 3.63) is 34.3 Å². The molecule has 0 saturated heterocycles. The van der Waals surface area contributed by atoms with Gasteiger partial charge in [-0.25, -0.2) is 0 Å². The minimum atomic E-state index is -0.182. The van der Waals surface area contributed by atoms with Gasteiger partial charge in [0.1, 0.15) is 5.75 Å². The third-order valence-corrected chi connectivity index (χ3v) is 3.88. The quantitative estimate of drug-likeness (QED) is 0.809. The van der Waals surface area contributed by atoms with Gasteiger partial charge in [0.05, 0.1) is 13.2 Å². The fourth-order valence-corrected chi connectivity index (χ4v) is 2.55. The molecule has 108 valence electrons. The van der Waals surface area contributed by atoms with Crippen molar-refractivity contribution in [1.29, 1.82) is 0 Å². The van der Waals surface area contributed by atoms with E-state index in [0.717, 1.165) is 28.6 Å². The average Bonchev–Trinajstić information content (AvgIpc) is 2.40. The van der Waals surface area contributed by atoms with Crippen molar-refractivity contribution in [3.8, 4) is 5.75 Å². The van der Waals surface area contributed by atoms with Crippen LogP contribution >= 0.6 is 15.9 Å². The zero-order chi connectivity index (χ0) is 14.5. The van der Waals surface area contributed by atoms with E-state index in [1.54, 1.807) is 13.2 Å². The normalized spacial score (nSPS) is 21.6. The van der Waals surface area contributed by atoms with Crippen LogP contribution in [0.25, 0.3) is 6.08 Å². The largest absolute Gasteiger partial charge is 0.496 e. The molecule has 1 aliphatic carbocycles. The predicted octanol–water partition coefficient (Wildman–Crippen LogP) is 2.36. The number of nitrogens with one attached hydrogen (secondary N) is 1. The molecule has 4 nitrogen and oxygen atoms in total. The van der Waals surface area contributed by atoms with Crippen molar-refractivity contribution >= 4 is 27.9 Å². The lowest BCUT2D eigenvalue weighted by Gasteiger charge is -2.31. The van der Waals surface area contributed by atoms with E-state index in [4.69, 9.17) is 4.74 Å². The molecule has 1 saturated carbocycles. The maximum absolute atomic E-state index is 11.7. The molecule has 5 heteroatoms. The summed E-state index contributed by atoms with van der Waals surface area (Å²) >= 11 is 3.39. The number of carbonyl (C=O) groups is 1. The first kappa shape index (κ1) is 15.1. The van der Waals surface area contributed by atoms with E-state index in [2.05, 4.69) is 21.2 Å². The van der Waals surface area contributed by atoms with Gasteiger partial charge in [0.25, 0.3) is 0 Å². The fourth-order valence-electron chi connectivity index (χ4n) is 2.17. The SMILES string of the molecule is COc1ccc(Br)cc1C=CC(=O)NCC1CC(O)C1. The van der Waals surface area contributed by atoms with Gasteiger partial charge < -0.3 is 15.2 Å². The summed E-state index contributed by atoms with van der Waals surface area (Å²) in [5, 5.41) is 12.0. The van der Waals surface area contributed by atoms with Crippen LogP contribution in [0.1, 0.15) is 18.4 Å². The molecule has 1 amide bonds. The lowest BCUT2D eigenvalue weighted by Crippen LogP contribution is -2.37. The summed E-state index contributed by atoms with van der Waals surface area (Å²) in [5.74, 6) is 0.996. The van der Waals surface area contributed by atoms with Crippen molar-refractivity contribution in [2.45, 2.75) is 18.9 Å². The van der Waals surface area contributed by atoms with Crippen LogP contribution in [-0.2, 0) is 4.79 Å². The molecular weight excluding hydrogens is 322 g/mol. The van der Waals surface area contributed by atoms with E-state index in [9.17, 15) is 9.90 Å². The Morgan fingerprint density at radius 2 is 2.30 bits per heavy atom. The Balaban J connectivity index is 1.88. The van der Waals surface area contributed by atoms with Gasteiger partial charge in [0.2, 0.25) is 5.91 Å². The Hall–Kier alpha value is -1.33. The first-order valence-corrected chi connectivity index (χ1v) is 7.35. The molecule has 2 N–H and O–H groups in total. The second-order valence-corrected chi connectivity index (χ2v) is 5.87. The van der Waals surface area contributed by atoms with Gasteiger partial charge in [-0.05, 0) is 43.0 Å². The highest BCUT2D eigenvalue weighted by Crippen LogP contribution is 2.26. The lowest BCUT2D eigenvalue weighted by atomic mass is 9.82. The van der Waals surface area contributed by atoms with E-state index in [0.29, 0.717) is 12.5 Å². The number of aliphatic hydroxyl groups excluding tert-OH is 1. The Bertz CT molecular complexity index is 510. The zero-order valence-electron chi connectivity index (χ0n) is 11.3. The van der Waals surface area contributed by atoms with Gasteiger partial charge in [-0.1, -0.05) is 15.9 Å². The lowest BCUT2D eigenvalue weighted by molar-refractivity contribution is -0.117. The number of rotatable bonds is 5. The van der Waals surface area contributed by atoms with Crippen LogP contribution < -0.4 is 10.1 Å². The smallest absolute Gasteiger partial charge is 0.244 e. The monoisotopic (exact) mass is 339 g/mol. The molecule has 0 heterocycles. The number of hydrogen-bond acceptors (Lipinski definition) is 3. The fraction of sp³-hybridized carbons (Fsp3) is 0.400. The molecule has 1 aromatic rings. The van der Waals surface area contributed by atoms with E-state index in [1.165, 1.54) is 6.08 Å². The predicted molar refractivity (Wildman–Crippen MR) is 81.5 cm³/mol. The van der Waals surface area contributed by atoms with Crippen molar-refractivity contribution in [3.63, 3.8) is 0 Å². The van der Waals surface area contributed by atoms with Crippen molar-refractivity contribution in [2.75, 3.05) is 13.7 Å². The summed E-state index contributed by atoms with van der Waals surface area (Å²) in [7, 11) is 1.60. The van der Waals surface area contributed by atoms with Crippen LogP contribution in [0, 0.1) is 5.92 Å². The third kappa shape index (κ3) is 4.08. The number of halogens is 1. The summed E-state index contributed by atoms with van der Waals surface area (Å²) in [4.78, 5) is 11.7. The Kier molecular flexibility index (Phi) is 5.20. The first-order valence-electron chi connectivity index (χ1n) is 6.56. The van der Waals surface area contributed by atoms with Crippen LogP contribution in [0.5, 0.6) is 5.75 Å². The Labute approximate surface area is 127 Å². The molecule has 2 rings (SSSR count). The van der Waals surface area contributed by atoms with E-state index in [1.807, 2.05) is 18.2 Å². The van der Waals surface area contributed by atoms with Gasteiger partial charge in [-0.2, -0.15) is 0 Å². The molecule has 0 unspecified atom stereocenters. The molecule has 1 fully saturated rings. The number of ether oxygens (including phenoxy) is 1. The van der Waals surface area contributed by atoms with Gasteiger partial charge in [0, 0.05) is 22.7 Å². The molecule has 0 aliphatic heterocycles. The molecule has 0 spiro atoms. The van der Waals surface area contributed by atoms with E-state index >= 15 is 0 Å².